The van der Waals surface area contributed by atoms with Crippen LogP contribution in [0.4, 0.5) is 17.1 Å². The van der Waals surface area contributed by atoms with Crippen LogP contribution in [-0.2, 0) is 4.57 Å². The number of nitrogens with two attached hydrogens (primary N) is 3. The Morgan fingerprint density at radius 2 is 2.00 bits per heavy atom. The minimum Gasteiger partial charge on any atom is -0.772 e. The lowest BCUT2D eigenvalue weighted by Crippen LogP contribution is -2.17. The number of benzene rings is 1. The van der Waals surface area contributed by atoms with Crippen LogP contribution in [0.15, 0.2) is 12.1 Å². The molecule has 1 unspecified atom stereocenters. The maximum Gasteiger partial charge on any atom is 0.165 e. The van der Waals surface area contributed by atoms with Gasteiger partial charge in [0.05, 0.1) is 5.69 Å². The van der Waals surface area contributed by atoms with Crippen LogP contribution in [0.5, 0.6) is 5.75 Å². The molecule has 1 aromatic carbocycles. The molecular weight excluding hydrogens is 207 g/mol. The fourth-order valence-electron chi connectivity index (χ4n) is 0.949. The average molecular weight is 217 g/mol. The fourth-order valence-corrected chi connectivity index (χ4v) is 1.50. The Morgan fingerprint density at radius 3 is 2.43 bits per heavy atom. The average Bonchev–Trinajstić information content (AvgIpc) is 1.95. The van der Waals surface area contributed by atoms with E-state index in [9.17, 15) is 14.6 Å². The van der Waals surface area contributed by atoms with Gasteiger partial charge < -0.3 is 26.6 Å². The molecule has 1 atom stereocenters. The van der Waals surface area contributed by atoms with Gasteiger partial charge in [0.2, 0.25) is 0 Å². The van der Waals surface area contributed by atoms with Crippen LogP contribution in [0.3, 0.4) is 0 Å². The summed E-state index contributed by atoms with van der Waals surface area (Å²) in [7, 11) is -4.24. The zero-order valence-corrected chi connectivity index (χ0v) is 7.99. The zero-order chi connectivity index (χ0) is 10.9. The van der Waals surface area contributed by atoms with Gasteiger partial charge in [-0.05, 0) is 6.07 Å². The van der Waals surface area contributed by atoms with Crippen molar-refractivity contribution in [3.63, 3.8) is 0 Å². The number of nitrogen functional groups attached to an aromatic ring is 2. The first kappa shape index (κ1) is 10.6. The van der Waals surface area contributed by atoms with Crippen molar-refractivity contribution in [1.82, 2.24) is 0 Å². The van der Waals surface area contributed by atoms with Gasteiger partial charge in [-0.3, -0.25) is 10.1 Å². The molecule has 8 heteroatoms. The number of phenolic OH excluding ortho intramolecular Hbond substituents is 1. The monoisotopic (exact) mass is 217 g/mol. The zero-order valence-electron chi connectivity index (χ0n) is 7.10. The van der Waals surface area contributed by atoms with E-state index in [0.717, 1.165) is 6.07 Å². The molecule has 0 spiro atoms. The van der Waals surface area contributed by atoms with E-state index in [1.807, 2.05) is 5.09 Å². The second-order valence-corrected chi connectivity index (χ2v) is 4.13. The van der Waals surface area contributed by atoms with E-state index in [4.69, 9.17) is 17.0 Å². The van der Waals surface area contributed by atoms with E-state index >= 15 is 0 Å². The maximum atomic E-state index is 10.7. The first-order valence-corrected chi connectivity index (χ1v) is 5.25. The molecule has 0 amide bonds. The van der Waals surface area contributed by atoms with Crippen LogP contribution in [0.1, 0.15) is 0 Å². The first-order chi connectivity index (χ1) is 6.29. The van der Waals surface area contributed by atoms with Gasteiger partial charge in [0.25, 0.3) is 0 Å². The van der Waals surface area contributed by atoms with Gasteiger partial charge in [0, 0.05) is 11.8 Å². The number of hydrogen-bond acceptors (Lipinski definition) is 5. The van der Waals surface area contributed by atoms with Crippen LogP contribution >= 0.6 is 7.67 Å². The quantitative estimate of drug-likeness (QED) is 0.252. The third-order valence-electron chi connectivity index (χ3n) is 1.44. The summed E-state index contributed by atoms with van der Waals surface area (Å²) in [4.78, 5) is 10.7. The van der Waals surface area contributed by atoms with Gasteiger partial charge >= 0.3 is 0 Å². The standard InChI is InChI=1S/C6H11N4O3P/c7-3-1-4(8)6(5(11)2-3)10-14(9,12)13/h1-2,11H,7-8H2,(H4,9,10,12,13)/p-1. The molecule has 7 nitrogen and oxygen atoms in total. The summed E-state index contributed by atoms with van der Waals surface area (Å²) in [6, 6.07) is 2.46. The van der Waals surface area contributed by atoms with Crippen LogP contribution in [0.25, 0.3) is 0 Å². The Balaban J connectivity index is 3.15. The molecule has 0 bridgehead atoms. The molecule has 0 aliphatic heterocycles. The summed E-state index contributed by atoms with van der Waals surface area (Å²) >= 11 is 0. The number of hydrogen-bond donors (Lipinski definition) is 5. The van der Waals surface area contributed by atoms with Crippen LogP contribution in [-0.4, -0.2) is 5.11 Å². The molecule has 0 fully saturated rings. The van der Waals surface area contributed by atoms with Gasteiger partial charge in [-0.15, -0.1) is 0 Å². The van der Waals surface area contributed by atoms with Crippen LogP contribution in [0, 0.1) is 0 Å². The highest BCUT2D eigenvalue weighted by Gasteiger charge is 2.10. The van der Waals surface area contributed by atoms with Crippen LogP contribution in [0.2, 0.25) is 0 Å². The highest BCUT2D eigenvalue weighted by atomic mass is 31.2. The summed E-state index contributed by atoms with van der Waals surface area (Å²) in [5, 5.41) is 11.2. The Labute approximate surface area is 80.1 Å². The molecule has 1 aromatic rings. The normalized spacial score (nSPS) is 14.7. The molecule has 78 valence electrons. The summed E-state index contributed by atoms with van der Waals surface area (Å²) in [5.41, 5.74) is 15.6. The lowest BCUT2D eigenvalue weighted by Gasteiger charge is -2.21. The minimum absolute atomic E-state index is 0.00373. The Kier molecular flexibility index (Phi) is 2.57. The van der Waals surface area contributed by atoms with Crippen molar-refractivity contribution in [2.45, 2.75) is 0 Å². The predicted octanol–water partition coefficient (Wildman–Crippen LogP) is -0.604. The van der Waals surface area contributed by atoms with Crippen LogP contribution < -0.4 is 27.0 Å². The summed E-state index contributed by atoms with van der Waals surface area (Å²) < 4.78 is 10.7. The Bertz CT molecular complexity index is 379. The van der Waals surface area contributed by atoms with E-state index in [-0.39, 0.29) is 22.8 Å². The highest BCUT2D eigenvalue weighted by molar-refractivity contribution is 7.55. The smallest absolute Gasteiger partial charge is 0.165 e. The van der Waals surface area contributed by atoms with Gasteiger partial charge in [0.15, 0.2) is 7.67 Å². The van der Waals surface area contributed by atoms with Crippen molar-refractivity contribution in [3.05, 3.63) is 12.1 Å². The summed E-state index contributed by atoms with van der Waals surface area (Å²) in [6.07, 6.45) is 0. The fraction of sp³-hybridized carbons (Fsp3) is 0. The summed E-state index contributed by atoms with van der Waals surface area (Å²) in [6.45, 7) is 0. The van der Waals surface area contributed by atoms with E-state index in [1.54, 1.807) is 0 Å². The van der Waals surface area contributed by atoms with Crippen molar-refractivity contribution in [2.24, 2.45) is 5.50 Å². The predicted molar refractivity (Wildman–Crippen MR) is 52.3 cm³/mol. The molecule has 0 radical (unpaired) electrons. The number of phenols is 1. The third-order valence-corrected chi connectivity index (χ3v) is 1.97. The maximum absolute atomic E-state index is 10.7. The molecule has 1 rings (SSSR count). The van der Waals surface area contributed by atoms with Crippen molar-refractivity contribution in [3.8, 4) is 5.75 Å². The minimum atomic E-state index is -4.24. The van der Waals surface area contributed by atoms with Gasteiger partial charge in [-0.1, -0.05) is 0 Å². The number of anilines is 3. The van der Waals surface area contributed by atoms with Crippen molar-refractivity contribution in [2.75, 3.05) is 16.6 Å². The van der Waals surface area contributed by atoms with Gasteiger partial charge in [-0.2, -0.15) is 0 Å². The van der Waals surface area contributed by atoms with E-state index in [2.05, 4.69) is 0 Å². The second-order valence-electron chi connectivity index (χ2n) is 2.71. The third kappa shape index (κ3) is 2.53. The number of nitrogens with one attached hydrogen (secondary N) is 1. The second kappa shape index (κ2) is 3.38. The molecule has 0 aromatic heterocycles. The van der Waals surface area contributed by atoms with Crippen molar-refractivity contribution in [1.29, 1.82) is 0 Å². The van der Waals surface area contributed by atoms with Gasteiger partial charge in [0.1, 0.15) is 11.4 Å². The highest BCUT2D eigenvalue weighted by Crippen LogP contribution is 2.38. The number of rotatable bonds is 2. The Hall–Kier alpha value is -1.43. The Morgan fingerprint density at radius 1 is 1.43 bits per heavy atom. The molecule has 14 heavy (non-hydrogen) atoms. The van der Waals surface area contributed by atoms with E-state index in [1.165, 1.54) is 6.07 Å². The first-order valence-electron chi connectivity index (χ1n) is 3.55. The lowest BCUT2D eigenvalue weighted by molar-refractivity contribution is -0.173. The topological polar surface area (TPSA) is 150 Å². The largest absolute Gasteiger partial charge is 0.772 e. The molecule has 0 aliphatic carbocycles. The molecule has 0 aliphatic rings. The molecule has 8 N–H and O–H groups in total. The molecular formula is C6H10N4O3P-. The van der Waals surface area contributed by atoms with Gasteiger partial charge in [-0.25, -0.2) is 0 Å². The number of aromatic hydroxyl groups is 1. The molecule has 0 saturated carbocycles. The molecule has 0 heterocycles. The molecule has 0 saturated heterocycles. The van der Waals surface area contributed by atoms with Crippen molar-refractivity contribution < 1.29 is 14.6 Å². The van der Waals surface area contributed by atoms with E-state index in [0.29, 0.717) is 0 Å². The van der Waals surface area contributed by atoms with E-state index < -0.39 is 7.67 Å². The summed E-state index contributed by atoms with van der Waals surface area (Å²) in [5.74, 6) is -0.371. The SMILES string of the molecule is Nc1cc(N)c(NP(N)(=O)[O-])c(O)c1. The lowest BCUT2D eigenvalue weighted by atomic mass is 10.2. The van der Waals surface area contributed by atoms with Crippen molar-refractivity contribution >= 4 is 24.7 Å².